The number of aryl methyl sites for hydroxylation is 1. The summed E-state index contributed by atoms with van der Waals surface area (Å²) in [5, 5.41) is 11.7. The molecule has 1 aromatic rings. The van der Waals surface area contributed by atoms with Gasteiger partial charge in [-0.15, -0.1) is 0 Å². The lowest BCUT2D eigenvalue weighted by molar-refractivity contribution is -0.121. The summed E-state index contributed by atoms with van der Waals surface area (Å²) in [5.74, 6) is 0.743. The topological polar surface area (TPSA) is 58.6 Å². The van der Waals surface area contributed by atoms with Crippen LogP contribution in [0.3, 0.4) is 0 Å². The van der Waals surface area contributed by atoms with Gasteiger partial charge in [0.1, 0.15) is 5.75 Å². The van der Waals surface area contributed by atoms with E-state index in [1.54, 1.807) is 14.0 Å². The van der Waals surface area contributed by atoms with Crippen molar-refractivity contribution in [2.45, 2.75) is 25.9 Å². The number of para-hydroxylation sites is 1. The number of benzene rings is 1. The normalized spacial score (nSPS) is 11.9. The number of methoxy groups -OCH3 is 1. The molecule has 1 rings (SSSR count). The van der Waals surface area contributed by atoms with Gasteiger partial charge in [-0.25, -0.2) is 0 Å². The molecule has 0 aromatic heterocycles. The van der Waals surface area contributed by atoms with E-state index in [1.165, 1.54) is 0 Å². The van der Waals surface area contributed by atoms with Gasteiger partial charge < -0.3 is 15.2 Å². The van der Waals surface area contributed by atoms with Crippen LogP contribution in [0.5, 0.6) is 5.75 Å². The molecule has 0 aliphatic carbocycles. The van der Waals surface area contributed by atoms with Crippen molar-refractivity contribution in [3.63, 3.8) is 0 Å². The van der Waals surface area contributed by atoms with Crippen LogP contribution in [0.4, 0.5) is 0 Å². The first-order valence-electron chi connectivity index (χ1n) is 5.70. The molecule has 0 heterocycles. The molecule has 2 N–H and O–H groups in total. The lowest BCUT2D eigenvalue weighted by atomic mass is 10.1. The fraction of sp³-hybridized carbons (Fsp3) is 0.462. The summed E-state index contributed by atoms with van der Waals surface area (Å²) in [6, 6.07) is 7.64. The summed E-state index contributed by atoms with van der Waals surface area (Å²) >= 11 is 0. The first kappa shape index (κ1) is 13.5. The summed E-state index contributed by atoms with van der Waals surface area (Å²) < 4.78 is 5.20. The SMILES string of the molecule is COc1ccccc1CCC(=O)NCC(C)O. The van der Waals surface area contributed by atoms with Crippen molar-refractivity contribution >= 4 is 5.91 Å². The summed E-state index contributed by atoms with van der Waals surface area (Å²) in [6.07, 6.45) is 0.521. The molecule has 94 valence electrons. The zero-order valence-electron chi connectivity index (χ0n) is 10.3. The summed E-state index contributed by atoms with van der Waals surface area (Å²) in [4.78, 5) is 11.5. The number of hydrogen-bond donors (Lipinski definition) is 2. The van der Waals surface area contributed by atoms with Gasteiger partial charge in [-0.1, -0.05) is 18.2 Å². The lowest BCUT2D eigenvalue weighted by Crippen LogP contribution is -2.30. The maximum Gasteiger partial charge on any atom is 0.220 e. The Balaban J connectivity index is 2.42. The smallest absolute Gasteiger partial charge is 0.220 e. The molecule has 4 heteroatoms. The average molecular weight is 237 g/mol. The second kappa shape index (κ2) is 6.91. The molecular weight excluding hydrogens is 218 g/mol. The first-order valence-corrected chi connectivity index (χ1v) is 5.70. The maximum absolute atomic E-state index is 11.5. The van der Waals surface area contributed by atoms with Gasteiger partial charge in [-0.3, -0.25) is 4.79 Å². The molecule has 0 spiro atoms. The molecule has 0 saturated carbocycles. The van der Waals surface area contributed by atoms with E-state index >= 15 is 0 Å². The number of carbonyl (C=O) groups excluding carboxylic acids is 1. The quantitative estimate of drug-likeness (QED) is 0.779. The molecule has 0 radical (unpaired) electrons. The number of amides is 1. The molecule has 17 heavy (non-hydrogen) atoms. The Hall–Kier alpha value is -1.55. The molecule has 1 atom stereocenters. The van der Waals surface area contributed by atoms with Gasteiger partial charge in [0.15, 0.2) is 0 Å². The highest BCUT2D eigenvalue weighted by atomic mass is 16.5. The van der Waals surface area contributed by atoms with Crippen LogP contribution in [-0.4, -0.2) is 30.8 Å². The molecule has 4 nitrogen and oxygen atoms in total. The van der Waals surface area contributed by atoms with Crippen molar-refractivity contribution in [2.75, 3.05) is 13.7 Å². The number of rotatable bonds is 6. The van der Waals surface area contributed by atoms with E-state index in [4.69, 9.17) is 9.84 Å². The van der Waals surface area contributed by atoms with Crippen molar-refractivity contribution in [3.8, 4) is 5.75 Å². The van der Waals surface area contributed by atoms with E-state index in [2.05, 4.69) is 5.32 Å². The third-order valence-electron chi connectivity index (χ3n) is 2.41. The van der Waals surface area contributed by atoms with Crippen LogP contribution in [0.25, 0.3) is 0 Å². The third-order valence-corrected chi connectivity index (χ3v) is 2.41. The van der Waals surface area contributed by atoms with Crippen LogP contribution in [0.15, 0.2) is 24.3 Å². The van der Waals surface area contributed by atoms with Gasteiger partial charge in [0, 0.05) is 13.0 Å². The van der Waals surface area contributed by atoms with Crippen molar-refractivity contribution < 1.29 is 14.6 Å². The van der Waals surface area contributed by atoms with E-state index in [-0.39, 0.29) is 5.91 Å². The second-order valence-electron chi connectivity index (χ2n) is 3.96. The third kappa shape index (κ3) is 4.87. The molecule has 1 amide bonds. The Morgan fingerprint density at radius 3 is 2.82 bits per heavy atom. The summed E-state index contributed by atoms with van der Waals surface area (Å²) in [7, 11) is 1.62. The highest BCUT2D eigenvalue weighted by Gasteiger charge is 2.06. The van der Waals surface area contributed by atoms with Gasteiger partial charge >= 0.3 is 0 Å². The number of hydrogen-bond acceptors (Lipinski definition) is 3. The number of ether oxygens (including phenoxy) is 1. The Bertz CT molecular complexity index is 363. The van der Waals surface area contributed by atoms with Crippen molar-refractivity contribution in [1.82, 2.24) is 5.32 Å². The van der Waals surface area contributed by atoms with Gasteiger partial charge in [0.25, 0.3) is 0 Å². The average Bonchev–Trinajstić information content (AvgIpc) is 2.34. The van der Waals surface area contributed by atoms with E-state index in [0.717, 1.165) is 11.3 Å². The molecule has 1 unspecified atom stereocenters. The zero-order valence-corrected chi connectivity index (χ0v) is 10.3. The standard InChI is InChI=1S/C13H19NO3/c1-10(15)9-14-13(16)8-7-11-5-3-4-6-12(11)17-2/h3-6,10,15H,7-9H2,1-2H3,(H,14,16). The molecular formula is C13H19NO3. The largest absolute Gasteiger partial charge is 0.496 e. The van der Waals surface area contributed by atoms with Gasteiger partial charge in [0.2, 0.25) is 5.91 Å². The van der Waals surface area contributed by atoms with Crippen LogP contribution < -0.4 is 10.1 Å². The van der Waals surface area contributed by atoms with Crippen LogP contribution in [-0.2, 0) is 11.2 Å². The van der Waals surface area contributed by atoms with Crippen molar-refractivity contribution in [1.29, 1.82) is 0 Å². The molecule has 0 bridgehead atoms. The molecule has 0 aliphatic rings. The monoisotopic (exact) mass is 237 g/mol. The molecule has 0 saturated heterocycles. The van der Waals surface area contributed by atoms with Crippen LogP contribution in [0.1, 0.15) is 18.9 Å². The first-order chi connectivity index (χ1) is 8.13. The molecule has 0 fully saturated rings. The molecule has 1 aromatic carbocycles. The van der Waals surface area contributed by atoms with E-state index in [9.17, 15) is 4.79 Å². The van der Waals surface area contributed by atoms with Crippen LogP contribution in [0.2, 0.25) is 0 Å². The van der Waals surface area contributed by atoms with Crippen molar-refractivity contribution in [3.05, 3.63) is 29.8 Å². The van der Waals surface area contributed by atoms with Crippen molar-refractivity contribution in [2.24, 2.45) is 0 Å². The van der Waals surface area contributed by atoms with Gasteiger partial charge in [-0.2, -0.15) is 0 Å². The number of aliphatic hydroxyl groups is 1. The predicted molar refractivity (Wildman–Crippen MR) is 66.0 cm³/mol. The van der Waals surface area contributed by atoms with E-state index in [1.807, 2.05) is 24.3 Å². The Morgan fingerprint density at radius 2 is 2.18 bits per heavy atom. The minimum Gasteiger partial charge on any atom is -0.496 e. The highest BCUT2D eigenvalue weighted by Crippen LogP contribution is 2.18. The fourth-order valence-electron chi connectivity index (χ4n) is 1.51. The highest BCUT2D eigenvalue weighted by molar-refractivity contribution is 5.76. The maximum atomic E-state index is 11.5. The van der Waals surface area contributed by atoms with Crippen LogP contribution in [0, 0.1) is 0 Å². The predicted octanol–water partition coefficient (Wildman–Crippen LogP) is 1.12. The molecule has 0 aliphatic heterocycles. The van der Waals surface area contributed by atoms with E-state index in [0.29, 0.717) is 19.4 Å². The number of aliphatic hydroxyl groups excluding tert-OH is 1. The summed E-state index contributed by atoms with van der Waals surface area (Å²) in [6.45, 7) is 1.94. The second-order valence-corrected chi connectivity index (χ2v) is 3.96. The lowest BCUT2D eigenvalue weighted by Gasteiger charge is -2.09. The van der Waals surface area contributed by atoms with E-state index < -0.39 is 6.10 Å². The minimum atomic E-state index is -0.509. The Labute approximate surface area is 102 Å². The number of carbonyl (C=O) groups is 1. The minimum absolute atomic E-state index is 0.0585. The summed E-state index contributed by atoms with van der Waals surface area (Å²) in [5.41, 5.74) is 1.02. The van der Waals surface area contributed by atoms with Crippen LogP contribution >= 0.6 is 0 Å². The zero-order chi connectivity index (χ0) is 12.7. The Kier molecular flexibility index (Phi) is 5.49. The van der Waals surface area contributed by atoms with Gasteiger partial charge in [-0.05, 0) is 25.0 Å². The van der Waals surface area contributed by atoms with Gasteiger partial charge in [0.05, 0.1) is 13.2 Å². The number of nitrogens with one attached hydrogen (secondary N) is 1. The fourth-order valence-corrected chi connectivity index (χ4v) is 1.51. The Morgan fingerprint density at radius 1 is 1.47 bits per heavy atom.